The molecule has 0 saturated heterocycles. The molecule has 3 rings (SSSR count). The molecule has 0 aliphatic carbocycles. The van der Waals surface area contributed by atoms with Crippen LogP contribution in [0, 0.1) is 0 Å². The van der Waals surface area contributed by atoms with E-state index in [9.17, 15) is 0 Å². The summed E-state index contributed by atoms with van der Waals surface area (Å²) >= 11 is 0. The monoisotopic (exact) mass is 253 g/mol. The second-order valence-electron chi connectivity index (χ2n) is 5.00. The maximum atomic E-state index is 5.29. The highest BCUT2D eigenvalue weighted by Gasteiger charge is 2.12. The molecule has 0 spiro atoms. The lowest BCUT2D eigenvalue weighted by Gasteiger charge is -2.21. The van der Waals surface area contributed by atoms with Crippen LogP contribution < -0.4 is 10.1 Å². The van der Waals surface area contributed by atoms with Gasteiger partial charge in [0.15, 0.2) is 0 Å². The van der Waals surface area contributed by atoms with Crippen LogP contribution in [0.5, 0.6) is 5.75 Å². The highest BCUT2D eigenvalue weighted by molar-refractivity contribution is 5.57. The van der Waals surface area contributed by atoms with Crippen LogP contribution in [0.1, 0.15) is 23.1 Å². The van der Waals surface area contributed by atoms with Crippen molar-refractivity contribution in [3.8, 4) is 5.75 Å². The minimum atomic E-state index is 0.931. The first-order chi connectivity index (χ1) is 9.36. The lowest BCUT2D eigenvalue weighted by molar-refractivity contribution is 0.414. The quantitative estimate of drug-likeness (QED) is 0.901. The largest absolute Gasteiger partial charge is 0.497 e. The Kier molecular flexibility index (Phi) is 3.41. The summed E-state index contributed by atoms with van der Waals surface area (Å²) in [6, 6.07) is 14.9. The molecule has 19 heavy (non-hydrogen) atoms. The first kappa shape index (κ1) is 12.1. The van der Waals surface area contributed by atoms with E-state index in [1.807, 2.05) is 6.07 Å². The Morgan fingerprint density at radius 3 is 2.95 bits per heavy atom. The van der Waals surface area contributed by atoms with Crippen molar-refractivity contribution in [1.29, 1.82) is 0 Å². The topological polar surface area (TPSA) is 21.3 Å². The minimum Gasteiger partial charge on any atom is -0.497 e. The van der Waals surface area contributed by atoms with E-state index in [0.29, 0.717) is 0 Å². The van der Waals surface area contributed by atoms with Gasteiger partial charge in [0.1, 0.15) is 5.75 Å². The van der Waals surface area contributed by atoms with Gasteiger partial charge in [-0.2, -0.15) is 0 Å². The number of methoxy groups -OCH3 is 1. The molecule has 98 valence electrons. The fourth-order valence-corrected chi connectivity index (χ4v) is 2.75. The first-order valence-corrected chi connectivity index (χ1v) is 6.84. The van der Waals surface area contributed by atoms with Crippen molar-refractivity contribution >= 4 is 5.69 Å². The Morgan fingerprint density at radius 2 is 2.05 bits per heavy atom. The summed E-state index contributed by atoms with van der Waals surface area (Å²) in [6.45, 7) is 1.09. The summed E-state index contributed by atoms with van der Waals surface area (Å²) in [5.74, 6) is 0.931. The molecule has 1 heterocycles. The van der Waals surface area contributed by atoms with E-state index in [2.05, 4.69) is 41.7 Å². The predicted molar refractivity (Wildman–Crippen MR) is 79.1 cm³/mol. The third kappa shape index (κ3) is 2.58. The van der Waals surface area contributed by atoms with Crippen molar-refractivity contribution in [2.75, 3.05) is 19.0 Å². The fourth-order valence-electron chi connectivity index (χ4n) is 2.75. The Hall–Kier alpha value is -1.96. The number of rotatable bonds is 3. The van der Waals surface area contributed by atoms with E-state index in [1.54, 1.807) is 7.11 Å². The number of hydrogen-bond donors (Lipinski definition) is 1. The average molecular weight is 253 g/mol. The van der Waals surface area contributed by atoms with Gasteiger partial charge in [0, 0.05) is 12.2 Å². The summed E-state index contributed by atoms with van der Waals surface area (Å²) in [4.78, 5) is 0. The zero-order valence-electron chi connectivity index (χ0n) is 11.3. The molecular weight excluding hydrogens is 234 g/mol. The van der Waals surface area contributed by atoms with Crippen LogP contribution in [0.15, 0.2) is 42.5 Å². The van der Waals surface area contributed by atoms with Gasteiger partial charge < -0.3 is 10.1 Å². The van der Waals surface area contributed by atoms with E-state index >= 15 is 0 Å². The lowest BCUT2D eigenvalue weighted by Crippen LogP contribution is -2.13. The van der Waals surface area contributed by atoms with Crippen LogP contribution >= 0.6 is 0 Å². The molecule has 0 atom stereocenters. The Labute approximate surface area is 114 Å². The van der Waals surface area contributed by atoms with Crippen LogP contribution in [0.2, 0.25) is 0 Å². The van der Waals surface area contributed by atoms with Crippen LogP contribution in [0.25, 0.3) is 0 Å². The zero-order chi connectivity index (χ0) is 13.1. The summed E-state index contributed by atoms with van der Waals surface area (Å²) in [5, 5.41) is 3.49. The molecule has 0 aromatic heterocycles. The molecule has 2 aromatic rings. The molecule has 2 nitrogen and oxygen atoms in total. The van der Waals surface area contributed by atoms with E-state index in [-0.39, 0.29) is 0 Å². The number of ether oxygens (including phenoxy) is 1. The molecule has 1 aliphatic heterocycles. The molecule has 1 aliphatic rings. The molecule has 0 radical (unpaired) electrons. The second-order valence-corrected chi connectivity index (χ2v) is 5.00. The van der Waals surface area contributed by atoms with Crippen molar-refractivity contribution in [1.82, 2.24) is 0 Å². The highest BCUT2D eigenvalue weighted by Crippen LogP contribution is 2.27. The molecule has 1 N–H and O–H groups in total. The smallest absolute Gasteiger partial charge is 0.119 e. The molecule has 0 bridgehead atoms. The van der Waals surface area contributed by atoms with Crippen LogP contribution in [-0.4, -0.2) is 13.7 Å². The van der Waals surface area contributed by atoms with Gasteiger partial charge >= 0.3 is 0 Å². The zero-order valence-corrected chi connectivity index (χ0v) is 11.3. The number of anilines is 1. The van der Waals surface area contributed by atoms with E-state index in [0.717, 1.165) is 18.7 Å². The third-order valence-electron chi connectivity index (χ3n) is 3.72. The molecular formula is C17H19NO. The van der Waals surface area contributed by atoms with Gasteiger partial charge in [-0.3, -0.25) is 0 Å². The number of nitrogens with one attached hydrogen (secondary N) is 1. The van der Waals surface area contributed by atoms with Gasteiger partial charge in [0.05, 0.1) is 7.11 Å². The van der Waals surface area contributed by atoms with Gasteiger partial charge in [0.2, 0.25) is 0 Å². The normalized spacial score (nSPS) is 13.5. The third-order valence-corrected chi connectivity index (χ3v) is 3.72. The van der Waals surface area contributed by atoms with Crippen LogP contribution in [-0.2, 0) is 12.8 Å². The fraction of sp³-hybridized carbons (Fsp3) is 0.294. The molecule has 2 heteroatoms. The lowest BCUT2D eigenvalue weighted by atomic mass is 9.93. The van der Waals surface area contributed by atoms with E-state index in [1.165, 1.54) is 35.2 Å². The van der Waals surface area contributed by atoms with Crippen molar-refractivity contribution in [2.45, 2.75) is 19.3 Å². The number of fused-ring (bicyclic) bond motifs is 1. The Morgan fingerprint density at radius 1 is 1.16 bits per heavy atom. The Balaban J connectivity index is 1.90. The maximum Gasteiger partial charge on any atom is 0.119 e. The minimum absolute atomic E-state index is 0.931. The molecule has 0 saturated carbocycles. The van der Waals surface area contributed by atoms with Gasteiger partial charge in [-0.1, -0.05) is 24.3 Å². The van der Waals surface area contributed by atoms with Crippen molar-refractivity contribution in [3.05, 3.63) is 59.2 Å². The first-order valence-electron chi connectivity index (χ1n) is 6.84. The predicted octanol–water partition coefficient (Wildman–Crippen LogP) is 3.64. The second kappa shape index (κ2) is 5.35. The van der Waals surface area contributed by atoms with Crippen LogP contribution in [0.4, 0.5) is 5.69 Å². The van der Waals surface area contributed by atoms with Crippen molar-refractivity contribution in [3.63, 3.8) is 0 Å². The van der Waals surface area contributed by atoms with Crippen LogP contribution in [0.3, 0.4) is 0 Å². The summed E-state index contributed by atoms with van der Waals surface area (Å²) in [5.41, 5.74) is 5.53. The highest BCUT2D eigenvalue weighted by atomic mass is 16.5. The van der Waals surface area contributed by atoms with Gasteiger partial charge in [-0.15, -0.1) is 0 Å². The van der Waals surface area contributed by atoms with Gasteiger partial charge in [-0.25, -0.2) is 0 Å². The number of benzene rings is 2. The van der Waals surface area contributed by atoms with E-state index < -0.39 is 0 Å². The summed E-state index contributed by atoms with van der Waals surface area (Å²) in [7, 11) is 1.72. The standard InChI is InChI=1S/C17H19NO/c1-19-15-7-2-5-13(12-15)11-14-6-3-9-17-16(14)8-4-10-18-17/h2-3,5-7,9,12,18H,4,8,10-11H2,1H3. The molecule has 0 unspecified atom stereocenters. The van der Waals surface area contributed by atoms with Gasteiger partial charge in [-0.05, 0) is 54.2 Å². The average Bonchev–Trinajstić information content (AvgIpc) is 2.48. The Bertz CT molecular complexity index is 577. The summed E-state index contributed by atoms with van der Waals surface area (Å²) in [6.07, 6.45) is 3.38. The molecule has 0 amide bonds. The summed E-state index contributed by atoms with van der Waals surface area (Å²) < 4.78 is 5.29. The van der Waals surface area contributed by atoms with Gasteiger partial charge in [0.25, 0.3) is 0 Å². The molecule has 0 fully saturated rings. The van der Waals surface area contributed by atoms with Crippen molar-refractivity contribution < 1.29 is 4.74 Å². The molecule has 2 aromatic carbocycles. The maximum absolute atomic E-state index is 5.29. The number of hydrogen-bond acceptors (Lipinski definition) is 2. The van der Waals surface area contributed by atoms with E-state index in [4.69, 9.17) is 4.74 Å². The SMILES string of the molecule is COc1cccc(Cc2cccc3c2CCCN3)c1. The van der Waals surface area contributed by atoms with Crippen molar-refractivity contribution in [2.24, 2.45) is 0 Å².